The van der Waals surface area contributed by atoms with Crippen molar-refractivity contribution in [2.45, 2.75) is 19.9 Å². The van der Waals surface area contributed by atoms with Gasteiger partial charge in [0.2, 0.25) is 0 Å². The van der Waals surface area contributed by atoms with Crippen LogP contribution in [0.2, 0.25) is 0 Å². The van der Waals surface area contributed by atoms with Crippen LogP contribution in [0.5, 0.6) is 5.75 Å². The second kappa shape index (κ2) is 5.75. The second-order valence-electron chi connectivity index (χ2n) is 3.71. The molecule has 0 saturated carbocycles. The first-order valence-corrected chi connectivity index (χ1v) is 6.30. The summed E-state index contributed by atoms with van der Waals surface area (Å²) >= 11 is 1.54. The molecule has 17 heavy (non-hydrogen) atoms. The minimum absolute atomic E-state index is 0.455. The lowest BCUT2D eigenvalue weighted by molar-refractivity contribution is 0.321. The average Bonchev–Trinajstić information content (AvgIpc) is 2.77. The molecular formula is C12H15N3OS. The van der Waals surface area contributed by atoms with Crippen LogP contribution in [0.1, 0.15) is 15.6 Å². The van der Waals surface area contributed by atoms with E-state index in [4.69, 9.17) is 10.5 Å². The lowest BCUT2D eigenvalue weighted by atomic mass is 10.2. The van der Waals surface area contributed by atoms with Crippen LogP contribution in [0, 0.1) is 6.92 Å². The molecule has 5 heteroatoms. The standard InChI is InChI=1S/C12H15N3OS/c1-9-3-2-4-10(7-9)16-6-5-11-14-15-12(8-13)17-11/h2-4,7H,5-6,8,13H2,1H3. The van der Waals surface area contributed by atoms with Crippen LogP contribution in [0.15, 0.2) is 24.3 Å². The normalized spacial score (nSPS) is 10.5. The van der Waals surface area contributed by atoms with E-state index in [0.29, 0.717) is 13.2 Å². The number of hydrogen-bond acceptors (Lipinski definition) is 5. The van der Waals surface area contributed by atoms with Gasteiger partial charge in [-0.05, 0) is 24.6 Å². The fraction of sp³-hybridized carbons (Fsp3) is 0.333. The van der Waals surface area contributed by atoms with Gasteiger partial charge in [0, 0.05) is 13.0 Å². The highest BCUT2D eigenvalue weighted by molar-refractivity contribution is 7.11. The minimum atomic E-state index is 0.455. The summed E-state index contributed by atoms with van der Waals surface area (Å²) < 4.78 is 5.64. The Kier molecular flexibility index (Phi) is 4.06. The molecule has 90 valence electrons. The van der Waals surface area contributed by atoms with Gasteiger partial charge in [-0.3, -0.25) is 0 Å². The fourth-order valence-electron chi connectivity index (χ4n) is 1.43. The van der Waals surface area contributed by atoms with E-state index in [0.717, 1.165) is 22.2 Å². The Balaban J connectivity index is 1.83. The van der Waals surface area contributed by atoms with Crippen LogP contribution in [0.4, 0.5) is 0 Å². The molecule has 0 amide bonds. The van der Waals surface area contributed by atoms with Gasteiger partial charge >= 0.3 is 0 Å². The Bertz CT molecular complexity index is 484. The molecule has 4 nitrogen and oxygen atoms in total. The van der Waals surface area contributed by atoms with Crippen LogP contribution in [0.25, 0.3) is 0 Å². The van der Waals surface area contributed by atoms with E-state index in [9.17, 15) is 0 Å². The van der Waals surface area contributed by atoms with Crippen molar-refractivity contribution < 1.29 is 4.74 Å². The lowest BCUT2D eigenvalue weighted by Crippen LogP contribution is -2.01. The van der Waals surface area contributed by atoms with Crippen molar-refractivity contribution in [1.82, 2.24) is 10.2 Å². The predicted octanol–water partition coefficient (Wildman–Crippen LogP) is 1.93. The van der Waals surface area contributed by atoms with E-state index in [1.165, 1.54) is 5.56 Å². The van der Waals surface area contributed by atoms with Crippen molar-refractivity contribution in [2.75, 3.05) is 6.61 Å². The zero-order chi connectivity index (χ0) is 12.1. The van der Waals surface area contributed by atoms with Gasteiger partial charge in [0.05, 0.1) is 6.61 Å². The zero-order valence-electron chi connectivity index (χ0n) is 9.72. The molecule has 2 aromatic rings. The number of aromatic nitrogens is 2. The molecule has 1 heterocycles. The van der Waals surface area contributed by atoms with Crippen molar-refractivity contribution >= 4 is 11.3 Å². The number of benzene rings is 1. The molecule has 2 rings (SSSR count). The maximum absolute atomic E-state index is 5.64. The maximum Gasteiger partial charge on any atom is 0.131 e. The van der Waals surface area contributed by atoms with E-state index < -0.39 is 0 Å². The zero-order valence-corrected chi connectivity index (χ0v) is 10.5. The molecule has 0 unspecified atom stereocenters. The molecule has 0 saturated heterocycles. The van der Waals surface area contributed by atoms with Gasteiger partial charge in [0.25, 0.3) is 0 Å². The second-order valence-corrected chi connectivity index (χ2v) is 4.86. The van der Waals surface area contributed by atoms with Crippen LogP contribution in [-0.4, -0.2) is 16.8 Å². The van der Waals surface area contributed by atoms with E-state index in [1.54, 1.807) is 11.3 Å². The summed E-state index contributed by atoms with van der Waals surface area (Å²) in [5.74, 6) is 0.897. The number of ether oxygens (including phenoxy) is 1. The van der Waals surface area contributed by atoms with E-state index >= 15 is 0 Å². The SMILES string of the molecule is Cc1cccc(OCCc2nnc(CN)s2)c1. The molecular weight excluding hydrogens is 234 g/mol. The molecule has 2 N–H and O–H groups in total. The first-order valence-electron chi connectivity index (χ1n) is 5.48. The maximum atomic E-state index is 5.64. The van der Waals surface area contributed by atoms with Crippen LogP contribution in [-0.2, 0) is 13.0 Å². The Morgan fingerprint density at radius 2 is 2.12 bits per heavy atom. The Hall–Kier alpha value is -1.46. The molecule has 1 aromatic heterocycles. The molecule has 0 aliphatic heterocycles. The molecule has 0 spiro atoms. The van der Waals surface area contributed by atoms with Crippen LogP contribution in [0.3, 0.4) is 0 Å². The predicted molar refractivity (Wildman–Crippen MR) is 68.2 cm³/mol. The fourth-order valence-corrected chi connectivity index (χ4v) is 2.14. The first kappa shape index (κ1) is 12.0. The number of hydrogen-bond donors (Lipinski definition) is 1. The van der Waals surface area contributed by atoms with Gasteiger partial charge in [-0.2, -0.15) is 0 Å². The van der Waals surface area contributed by atoms with Gasteiger partial charge in [-0.1, -0.05) is 12.1 Å². The summed E-state index contributed by atoms with van der Waals surface area (Å²) in [7, 11) is 0. The summed E-state index contributed by atoms with van der Waals surface area (Å²) in [5.41, 5.74) is 6.67. The number of rotatable bonds is 5. The van der Waals surface area contributed by atoms with Crippen molar-refractivity contribution in [3.05, 3.63) is 39.8 Å². The monoisotopic (exact) mass is 249 g/mol. The van der Waals surface area contributed by atoms with Gasteiger partial charge in [-0.15, -0.1) is 21.5 Å². The van der Waals surface area contributed by atoms with Crippen molar-refractivity contribution in [2.24, 2.45) is 5.73 Å². The molecule has 0 fully saturated rings. The highest BCUT2D eigenvalue weighted by Gasteiger charge is 2.02. The third kappa shape index (κ3) is 3.51. The van der Waals surface area contributed by atoms with Gasteiger partial charge in [-0.25, -0.2) is 0 Å². The van der Waals surface area contributed by atoms with Crippen LogP contribution >= 0.6 is 11.3 Å². The van der Waals surface area contributed by atoms with E-state index in [2.05, 4.69) is 10.2 Å². The van der Waals surface area contributed by atoms with Crippen molar-refractivity contribution in [1.29, 1.82) is 0 Å². The lowest BCUT2D eigenvalue weighted by Gasteiger charge is -2.04. The minimum Gasteiger partial charge on any atom is -0.493 e. The summed E-state index contributed by atoms with van der Waals surface area (Å²) in [6.45, 7) is 3.12. The molecule has 0 aliphatic carbocycles. The van der Waals surface area contributed by atoms with E-state index in [1.807, 2.05) is 31.2 Å². The number of aryl methyl sites for hydroxylation is 1. The van der Waals surface area contributed by atoms with Crippen molar-refractivity contribution in [3.8, 4) is 5.75 Å². The topological polar surface area (TPSA) is 61.0 Å². The third-order valence-corrected chi connectivity index (χ3v) is 3.26. The van der Waals surface area contributed by atoms with E-state index in [-0.39, 0.29) is 0 Å². The highest BCUT2D eigenvalue weighted by atomic mass is 32.1. The number of nitrogens with zero attached hydrogens (tertiary/aromatic N) is 2. The molecule has 1 aromatic carbocycles. The highest BCUT2D eigenvalue weighted by Crippen LogP contribution is 2.14. The Morgan fingerprint density at radius 3 is 2.82 bits per heavy atom. The molecule has 0 bridgehead atoms. The largest absolute Gasteiger partial charge is 0.493 e. The third-order valence-electron chi connectivity index (χ3n) is 2.26. The molecule has 0 atom stereocenters. The van der Waals surface area contributed by atoms with Gasteiger partial charge in [0.15, 0.2) is 0 Å². The number of nitrogens with two attached hydrogens (primary N) is 1. The van der Waals surface area contributed by atoms with Crippen molar-refractivity contribution in [3.63, 3.8) is 0 Å². The molecule has 0 radical (unpaired) electrons. The Labute approximate surface area is 104 Å². The smallest absolute Gasteiger partial charge is 0.131 e. The molecule has 0 aliphatic rings. The summed E-state index contributed by atoms with van der Waals surface area (Å²) in [6.07, 6.45) is 0.769. The van der Waals surface area contributed by atoms with Gasteiger partial charge in [0.1, 0.15) is 15.8 Å². The summed E-state index contributed by atoms with van der Waals surface area (Å²) in [6, 6.07) is 8.01. The van der Waals surface area contributed by atoms with Crippen LogP contribution < -0.4 is 10.5 Å². The average molecular weight is 249 g/mol. The first-order chi connectivity index (χ1) is 8.28. The Morgan fingerprint density at radius 1 is 1.29 bits per heavy atom. The summed E-state index contributed by atoms with van der Waals surface area (Å²) in [4.78, 5) is 0. The van der Waals surface area contributed by atoms with Gasteiger partial charge < -0.3 is 10.5 Å². The summed E-state index contributed by atoms with van der Waals surface area (Å²) in [5, 5.41) is 9.85. The quantitative estimate of drug-likeness (QED) is 0.879.